The second-order valence-electron chi connectivity index (χ2n) is 4.50. The molecule has 0 bridgehead atoms. The van der Waals surface area contributed by atoms with Crippen LogP contribution in [0.3, 0.4) is 0 Å². The summed E-state index contributed by atoms with van der Waals surface area (Å²) in [6, 6.07) is 17.1. The number of benzene rings is 2. The van der Waals surface area contributed by atoms with Crippen LogP contribution < -0.4 is 0 Å². The molecule has 0 atom stereocenters. The lowest BCUT2D eigenvalue weighted by Crippen LogP contribution is -1.87. The first-order valence-electron chi connectivity index (χ1n) is 5.88. The lowest BCUT2D eigenvalue weighted by atomic mass is 10.0. The van der Waals surface area contributed by atoms with Crippen LogP contribution in [-0.4, -0.2) is 4.98 Å². The molecule has 1 aliphatic rings. The topological polar surface area (TPSA) is 12.9 Å². The van der Waals surface area contributed by atoms with Crippen molar-refractivity contribution in [1.82, 2.24) is 4.98 Å². The zero-order chi connectivity index (χ0) is 11.2. The third-order valence-electron chi connectivity index (χ3n) is 3.52. The fourth-order valence-electron chi connectivity index (χ4n) is 2.74. The molecule has 0 saturated heterocycles. The number of fused-ring (bicyclic) bond motifs is 5. The van der Waals surface area contributed by atoms with Crippen LogP contribution in [0.2, 0.25) is 0 Å². The van der Waals surface area contributed by atoms with Gasteiger partial charge in [0.1, 0.15) is 0 Å². The van der Waals surface area contributed by atoms with Gasteiger partial charge in [0, 0.05) is 23.6 Å². The molecule has 0 spiro atoms. The van der Waals surface area contributed by atoms with Crippen molar-refractivity contribution < 1.29 is 0 Å². The molecule has 80 valence electrons. The minimum Gasteiger partial charge on any atom is -0.260 e. The molecule has 2 aromatic carbocycles. The monoisotopic (exact) mass is 217 g/mol. The molecule has 0 saturated carbocycles. The molecule has 0 N–H and O–H groups in total. The molecular weight excluding hydrogens is 206 g/mol. The lowest BCUT2D eigenvalue weighted by molar-refractivity contribution is 1.13. The van der Waals surface area contributed by atoms with Gasteiger partial charge < -0.3 is 0 Å². The summed E-state index contributed by atoms with van der Waals surface area (Å²) in [5.41, 5.74) is 5.29. The minimum atomic E-state index is 0.969. The molecule has 1 aromatic heterocycles. The Morgan fingerprint density at radius 3 is 2.71 bits per heavy atom. The molecular formula is C16H11N. The Hall–Kier alpha value is -2.15. The van der Waals surface area contributed by atoms with E-state index in [-0.39, 0.29) is 0 Å². The smallest absolute Gasteiger partial charge is 0.0532 e. The Labute approximate surface area is 99.7 Å². The zero-order valence-electron chi connectivity index (χ0n) is 9.35. The van der Waals surface area contributed by atoms with E-state index in [9.17, 15) is 0 Å². The van der Waals surface area contributed by atoms with Crippen LogP contribution in [0.4, 0.5) is 0 Å². The van der Waals surface area contributed by atoms with Crippen LogP contribution in [0.1, 0.15) is 11.3 Å². The molecule has 0 fully saturated rings. The first-order valence-corrected chi connectivity index (χ1v) is 5.88. The van der Waals surface area contributed by atoms with Crippen molar-refractivity contribution in [3.8, 4) is 11.1 Å². The Morgan fingerprint density at radius 1 is 0.882 bits per heavy atom. The number of hydrogen-bond donors (Lipinski definition) is 0. The molecule has 0 unspecified atom stereocenters. The number of hydrogen-bond acceptors (Lipinski definition) is 1. The van der Waals surface area contributed by atoms with Crippen molar-refractivity contribution in [3.63, 3.8) is 0 Å². The first-order chi connectivity index (χ1) is 8.43. The van der Waals surface area contributed by atoms with E-state index in [1.807, 2.05) is 6.20 Å². The fraction of sp³-hybridized carbons (Fsp3) is 0.0625. The standard InChI is InChI=1S/C16H11N/c1-3-7-13-11(5-1)9-15-16(13)14-8-4-2-6-12(14)10-17-15/h1-8,10H,9H2. The highest BCUT2D eigenvalue weighted by atomic mass is 14.7. The van der Waals surface area contributed by atoms with E-state index in [2.05, 4.69) is 53.5 Å². The number of nitrogens with zero attached hydrogens (tertiary/aromatic N) is 1. The molecule has 3 aromatic rings. The van der Waals surface area contributed by atoms with E-state index < -0.39 is 0 Å². The maximum Gasteiger partial charge on any atom is 0.0532 e. The highest BCUT2D eigenvalue weighted by Crippen LogP contribution is 2.39. The molecule has 0 amide bonds. The molecule has 1 aliphatic carbocycles. The van der Waals surface area contributed by atoms with Gasteiger partial charge in [-0.2, -0.15) is 0 Å². The molecule has 17 heavy (non-hydrogen) atoms. The van der Waals surface area contributed by atoms with Gasteiger partial charge in [0.25, 0.3) is 0 Å². The van der Waals surface area contributed by atoms with Gasteiger partial charge in [-0.3, -0.25) is 4.98 Å². The molecule has 4 rings (SSSR count). The Morgan fingerprint density at radius 2 is 1.71 bits per heavy atom. The molecule has 0 radical (unpaired) electrons. The van der Waals surface area contributed by atoms with E-state index in [1.54, 1.807) is 0 Å². The molecule has 1 heteroatoms. The van der Waals surface area contributed by atoms with E-state index in [1.165, 1.54) is 33.2 Å². The van der Waals surface area contributed by atoms with Gasteiger partial charge >= 0.3 is 0 Å². The predicted octanol–water partition coefficient (Wildman–Crippen LogP) is 3.81. The Kier molecular flexibility index (Phi) is 1.67. The van der Waals surface area contributed by atoms with Gasteiger partial charge in [0.2, 0.25) is 0 Å². The van der Waals surface area contributed by atoms with Gasteiger partial charge in [-0.15, -0.1) is 0 Å². The average Bonchev–Trinajstić information content (AvgIpc) is 2.77. The minimum absolute atomic E-state index is 0.969. The fourth-order valence-corrected chi connectivity index (χ4v) is 2.74. The van der Waals surface area contributed by atoms with Crippen LogP contribution in [0, 0.1) is 0 Å². The summed E-state index contributed by atoms with van der Waals surface area (Å²) in [6.45, 7) is 0. The third-order valence-corrected chi connectivity index (χ3v) is 3.52. The summed E-state index contributed by atoms with van der Waals surface area (Å²) in [4.78, 5) is 4.60. The van der Waals surface area contributed by atoms with Gasteiger partial charge in [0.15, 0.2) is 0 Å². The van der Waals surface area contributed by atoms with E-state index >= 15 is 0 Å². The average molecular weight is 217 g/mol. The summed E-state index contributed by atoms with van der Waals surface area (Å²) in [7, 11) is 0. The summed E-state index contributed by atoms with van der Waals surface area (Å²) in [5.74, 6) is 0. The van der Waals surface area contributed by atoms with Gasteiger partial charge in [0.05, 0.1) is 5.69 Å². The van der Waals surface area contributed by atoms with Crippen LogP contribution in [0.15, 0.2) is 54.7 Å². The molecule has 0 aliphatic heterocycles. The SMILES string of the molecule is c1ccc2c(c1)Cc1ncc3ccccc3c1-2. The first kappa shape index (κ1) is 8.94. The quantitative estimate of drug-likeness (QED) is 0.436. The van der Waals surface area contributed by atoms with Gasteiger partial charge in [-0.25, -0.2) is 0 Å². The Balaban J connectivity index is 2.17. The van der Waals surface area contributed by atoms with E-state index in [0.717, 1.165) is 6.42 Å². The summed E-state index contributed by atoms with van der Waals surface area (Å²) in [6.07, 6.45) is 2.95. The van der Waals surface area contributed by atoms with Crippen molar-refractivity contribution in [2.75, 3.05) is 0 Å². The lowest BCUT2D eigenvalue weighted by Gasteiger charge is -2.05. The van der Waals surface area contributed by atoms with Gasteiger partial charge in [-0.1, -0.05) is 48.5 Å². The van der Waals surface area contributed by atoms with Gasteiger partial charge in [-0.05, 0) is 16.5 Å². The van der Waals surface area contributed by atoms with Crippen molar-refractivity contribution in [1.29, 1.82) is 0 Å². The largest absolute Gasteiger partial charge is 0.260 e. The second kappa shape index (κ2) is 3.17. The van der Waals surface area contributed by atoms with Crippen molar-refractivity contribution >= 4 is 10.8 Å². The summed E-state index contributed by atoms with van der Waals surface area (Å²) >= 11 is 0. The maximum atomic E-state index is 4.60. The van der Waals surface area contributed by atoms with Crippen molar-refractivity contribution in [2.45, 2.75) is 6.42 Å². The summed E-state index contributed by atoms with van der Waals surface area (Å²) in [5, 5.41) is 2.55. The third kappa shape index (κ3) is 1.17. The predicted molar refractivity (Wildman–Crippen MR) is 70.0 cm³/mol. The number of aromatic nitrogens is 1. The Bertz CT molecular complexity index is 728. The second-order valence-corrected chi connectivity index (χ2v) is 4.50. The highest BCUT2D eigenvalue weighted by Gasteiger charge is 2.20. The van der Waals surface area contributed by atoms with Crippen LogP contribution in [0.25, 0.3) is 21.9 Å². The number of rotatable bonds is 0. The van der Waals surface area contributed by atoms with Crippen LogP contribution in [0.5, 0.6) is 0 Å². The van der Waals surface area contributed by atoms with Crippen molar-refractivity contribution in [2.24, 2.45) is 0 Å². The van der Waals surface area contributed by atoms with Crippen molar-refractivity contribution in [3.05, 3.63) is 66.0 Å². The maximum absolute atomic E-state index is 4.60. The molecule has 1 nitrogen and oxygen atoms in total. The van der Waals surface area contributed by atoms with Crippen LogP contribution in [-0.2, 0) is 6.42 Å². The highest BCUT2D eigenvalue weighted by molar-refractivity contribution is 5.99. The summed E-state index contributed by atoms with van der Waals surface area (Å²) < 4.78 is 0. The van der Waals surface area contributed by atoms with E-state index in [4.69, 9.17) is 0 Å². The zero-order valence-corrected chi connectivity index (χ0v) is 9.35. The van der Waals surface area contributed by atoms with E-state index in [0.29, 0.717) is 0 Å². The van der Waals surface area contributed by atoms with Crippen LogP contribution >= 0.6 is 0 Å². The normalized spacial score (nSPS) is 12.5. The molecule has 1 heterocycles. The number of pyridine rings is 1.